The molecule has 2 aromatic rings. The van der Waals surface area contributed by atoms with Crippen LogP contribution in [0.1, 0.15) is 36.7 Å². The molecule has 0 aliphatic heterocycles. The molecule has 8 heteroatoms. The lowest BCUT2D eigenvalue weighted by atomic mass is 10.0. The maximum atomic E-state index is 12.1. The number of benzene rings is 1. The molecular formula is C15H21ClN4O3. The molecule has 1 amide bonds. The Morgan fingerprint density at radius 3 is 2.70 bits per heavy atom. The fourth-order valence-electron chi connectivity index (χ4n) is 2.13. The normalized spacial score (nSPS) is 12.9. The Bertz CT molecular complexity index is 645. The highest BCUT2D eigenvalue weighted by atomic mass is 35.5. The smallest absolute Gasteiger partial charge is 0.223 e. The molecule has 126 valence electrons. The second kappa shape index (κ2) is 8.50. The molecule has 0 spiro atoms. The van der Waals surface area contributed by atoms with Crippen molar-refractivity contribution in [2.75, 3.05) is 7.11 Å². The number of aromatic nitrogens is 2. The van der Waals surface area contributed by atoms with Crippen LogP contribution in [0.2, 0.25) is 0 Å². The van der Waals surface area contributed by atoms with Gasteiger partial charge >= 0.3 is 0 Å². The third-order valence-electron chi connectivity index (χ3n) is 3.06. The van der Waals surface area contributed by atoms with Gasteiger partial charge in [0, 0.05) is 24.9 Å². The van der Waals surface area contributed by atoms with E-state index >= 15 is 0 Å². The van der Waals surface area contributed by atoms with Crippen molar-refractivity contribution in [3.8, 4) is 5.75 Å². The van der Waals surface area contributed by atoms with E-state index in [1.165, 1.54) is 0 Å². The van der Waals surface area contributed by atoms with Gasteiger partial charge in [-0.15, -0.1) is 12.4 Å². The van der Waals surface area contributed by atoms with E-state index in [0.29, 0.717) is 17.5 Å². The summed E-state index contributed by atoms with van der Waals surface area (Å²) < 4.78 is 10.4. The molecule has 1 aromatic heterocycles. The molecule has 0 saturated carbocycles. The van der Waals surface area contributed by atoms with Gasteiger partial charge in [0.2, 0.25) is 11.8 Å². The van der Waals surface area contributed by atoms with Crippen LogP contribution in [-0.4, -0.2) is 29.2 Å². The van der Waals surface area contributed by atoms with Crippen LogP contribution < -0.4 is 15.8 Å². The molecule has 1 heterocycles. The van der Waals surface area contributed by atoms with Gasteiger partial charge in [0.15, 0.2) is 5.82 Å². The first-order valence-corrected chi connectivity index (χ1v) is 6.99. The summed E-state index contributed by atoms with van der Waals surface area (Å²) in [5.41, 5.74) is 6.42. The highest BCUT2D eigenvalue weighted by Gasteiger charge is 2.25. The Balaban J connectivity index is 0.00000264. The lowest BCUT2D eigenvalue weighted by Gasteiger charge is -2.19. The van der Waals surface area contributed by atoms with Crippen molar-refractivity contribution in [1.82, 2.24) is 15.5 Å². The number of halogens is 1. The number of methoxy groups -OCH3 is 1. The fourth-order valence-corrected chi connectivity index (χ4v) is 2.13. The van der Waals surface area contributed by atoms with Crippen LogP contribution in [0.3, 0.4) is 0 Å². The quantitative estimate of drug-likeness (QED) is 0.830. The van der Waals surface area contributed by atoms with Crippen LogP contribution in [0, 0.1) is 6.92 Å². The van der Waals surface area contributed by atoms with Gasteiger partial charge in [0.1, 0.15) is 11.8 Å². The van der Waals surface area contributed by atoms with Gasteiger partial charge in [0.25, 0.3) is 0 Å². The van der Waals surface area contributed by atoms with Crippen molar-refractivity contribution in [2.45, 2.75) is 32.4 Å². The first kappa shape index (κ1) is 18.9. The van der Waals surface area contributed by atoms with Crippen molar-refractivity contribution < 1.29 is 14.1 Å². The van der Waals surface area contributed by atoms with Crippen LogP contribution in [-0.2, 0) is 4.79 Å². The lowest BCUT2D eigenvalue weighted by Crippen LogP contribution is -2.34. The predicted octanol–water partition coefficient (Wildman–Crippen LogP) is 1.75. The highest BCUT2D eigenvalue weighted by Crippen LogP contribution is 2.28. The summed E-state index contributed by atoms with van der Waals surface area (Å²) in [6.07, 6.45) is 0.211. The maximum absolute atomic E-state index is 12.1. The van der Waals surface area contributed by atoms with E-state index in [0.717, 1.165) is 5.56 Å². The molecule has 1 aromatic carbocycles. The highest BCUT2D eigenvalue weighted by molar-refractivity contribution is 5.85. The van der Waals surface area contributed by atoms with E-state index in [-0.39, 0.29) is 30.8 Å². The number of nitrogens with two attached hydrogens (primary N) is 1. The molecular weight excluding hydrogens is 320 g/mol. The van der Waals surface area contributed by atoms with Gasteiger partial charge < -0.3 is 20.3 Å². The Morgan fingerprint density at radius 2 is 2.13 bits per heavy atom. The van der Waals surface area contributed by atoms with Crippen molar-refractivity contribution >= 4 is 18.3 Å². The molecule has 7 nitrogen and oxygen atoms in total. The number of rotatable bonds is 6. The van der Waals surface area contributed by atoms with Crippen LogP contribution in [0.15, 0.2) is 28.8 Å². The molecule has 0 aliphatic carbocycles. The minimum absolute atomic E-state index is 0. The average molecular weight is 341 g/mol. The Kier molecular flexibility index (Phi) is 6.99. The zero-order chi connectivity index (χ0) is 16.1. The average Bonchev–Trinajstić information content (AvgIpc) is 2.90. The van der Waals surface area contributed by atoms with Gasteiger partial charge in [0.05, 0.1) is 7.11 Å². The molecule has 2 rings (SSSR count). The molecule has 23 heavy (non-hydrogen) atoms. The number of aryl methyl sites for hydroxylation is 1. The van der Waals surface area contributed by atoms with E-state index in [1.54, 1.807) is 21.0 Å². The first-order chi connectivity index (χ1) is 10.5. The van der Waals surface area contributed by atoms with Crippen molar-refractivity contribution in [3.05, 3.63) is 41.5 Å². The second-order valence-electron chi connectivity index (χ2n) is 5.10. The van der Waals surface area contributed by atoms with Crippen LogP contribution >= 0.6 is 12.4 Å². The first-order valence-electron chi connectivity index (χ1n) is 6.99. The third-order valence-corrected chi connectivity index (χ3v) is 3.06. The SMILES string of the molecule is COc1ccccc1C(NC(=O)CC(C)N)c1noc(C)n1.Cl. The monoisotopic (exact) mass is 340 g/mol. The molecule has 0 fully saturated rings. The standard InChI is InChI=1S/C15H20N4O3.ClH/c1-9(16)8-13(20)18-14(15-17-10(2)22-19-15)11-6-4-5-7-12(11)21-3;/h4-7,9,14H,8,16H2,1-3H3,(H,18,20);1H. The number of nitrogens with one attached hydrogen (secondary N) is 1. The van der Waals surface area contributed by atoms with Crippen LogP contribution in [0.4, 0.5) is 0 Å². The molecule has 0 bridgehead atoms. The Morgan fingerprint density at radius 1 is 1.43 bits per heavy atom. The van der Waals surface area contributed by atoms with Crippen molar-refractivity contribution in [1.29, 1.82) is 0 Å². The summed E-state index contributed by atoms with van der Waals surface area (Å²) >= 11 is 0. The molecule has 3 N–H and O–H groups in total. The lowest BCUT2D eigenvalue weighted by molar-refractivity contribution is -0.121. The zero-order valence-corrected chi connectivity index (χ0v) is 14.1. The zero-order valence-electron chi connectivity index (χ0n) is 13.3. The van der Waals surface area contributed by atoms with Crippen LogP contribution in [0.5, 0.6) is 5.75 Å². The summed E-state index contributed by atoms with van der Waals surface area (Å²) in [6, 6.07) is 6.58. The molecule has 0 saturated heterocycles. The number of carbonyl (C=O) groups is 1. The van der Waals surface area contributed by atoms with Crippen LogP contribution in [0.25, 0.3) is 0 Å². The Hall–Kier alpha value is -2.12. The van der Waals surface area contributed by atoms with Crippen molar-refractivity contribution in [2.24, 2.45) is 5.73 Å². The fraction of sp³-hybridized carbons (Fsp3) is 0.400. The number of para-hydroxylation sites is 1. The summed E-state index contributed by atoms with van der Waals surface area (Å²) in [5.74, 6) is 1.25. The van der Waals surface area contributed by atoms with Gasteiger partial charge in [-0.05, 0) is 13.0 Å². The van der Waals surface area contributed by atoms with Crippen molar-refractivity contribution in [3.63, 3.8) is 0 Å². The van der Waals surface area contributed by atoms with E-state index in [4.69, 9.17) is 15.0 Å². The Labute approximate surface area is 141 Å². The third kappa shape index (κ3) is 4.94. The minimum Gasteiger partial charge on any atom is -0.496 e. The van der Waals surface area contributed by atoms with E-state index in [2.05, 4.69) is 15.5 Å². The molecule has 0 radical (unpaired) electrons. The predicted molar refractivity (Wildman–Crippen MR) is 87.5 cm³/mol. The largest absolute Gasteiger partial charge is 0.496 e. The summed E-state index contributed by atoms with van der Waals surface area (Å²) in [6.45, 7) is 3.47. The number of hydrogen-bond acceptors (Lipinski definition) is 6. The number of carbonyl (C=O) groups excluding carboxylic acids is 1. The molecule has 2 atom stereocenters. The molecule has 2 unspecified atom stereocenters. The number of nitrogens with zero attached hydrogens (tertiary/aromatic N) is 2. The van der Waals surface area contributed by atoms with E-state index in [9.17, 15) is 4.79 Å². The molecule has 0 aliphatic rings. The topological polar surface area (TPSA) is 103 Å². The second-order valence-corrected chi connectivity index (χ2v) is 5.10. The van der Waals surface area contributed by atoms with Gasteiger partial charge in [-0.25, -0.2) is 0 Å². The summed E-state index contributed by atoms with van der Waals surface area (Å²) in [7, 11) is 1.57. The minimum atomic E-state index is -0.556. The van der Waals surface area contributed by atoms with Gasteiger partial charge in [-0.1, -0.05) is 23.4 Å². The van der Waals surface area contributed by atoms with E-state index < -0.39 is 6.04 Å². The maximum Gasteiger partial charge on any atom is 0.223 e. The summed E-state index contributed by atoms with van der Waals surface area (Å²) in [4.78, 5) is 16.3. The van der Waals surface area contributed by atoms with Gasteiger partial charge in [-0.3, -0.25) is 4.79 Å². The number of hydrogen-bond donors (Lipinski definition) is 2. The number of amides is 1. The van der Waals surface area contributed by atoms with E-state index in [1.807, 2.05) is 24.3 Å². The summed E-state index contributed by atoms with van der Waals surface area (Å²) in [5, 5.41) is 6.80. The van der Waals surface area contributed by atoms with Gasteiger partial charge in [-0.2, -0.15) is 4.98 Å². The number of ether oxygens (including phenoxy) is 1.